The molecule has 1 aliphatic rings. The Bertz CT molecular complexity index is 980. The number of methoxy groups -OCH3 is 1. The van der Waals surface area contributed by atoms with Crippen LogP contribution in [0.5, 0.6) is 5.75 Å². The maximum Gasteiger partial charge on any atom is 0.226 e. The van der Waals surface area contributed by atoms with Gasteiger partial charge in [0, 0.05) is 24.0 Å². The van der Waals surface area contributed by atoms with Crippen molar-refractivity contribution < 1.29 is 18.3 Å². The highest BCUT2D eigenvalue weighted by Gasteiger charge is 2.32. The minimum atomic E-state index is -0.703. The summed E-state index contributed by atoms with van der Waals surface area (Å²) in [6.07, 6.45) is 1.66. The summed E-state index contributed by atoms with van der Waals surface area (Å²) in [7, 11) is 1.57. The number of imidazole rings is 1. The molecule has 1 aliphatic heterocycles. The normalized spacial score (nSPS) is 16.1. The zero-order chi connectivity index (χ0) is 18.3. The zero-order valence-electron chi connectivity index (χ0n) is 13.9. The minimum Gasteiger partial charge on any atom is -0.496 e. The summed E-state index contributed by atoms with van der Waals surface area (Å²) >= 11 is 0. The molecule has 2 aromatic carbocycles. The number of benzene rings is 2. The Morgan fingerprint density at radius 3 is 2.65 bits per heavy atom. The summed E-state index contributed by atoms with van der Waals surface area (Å²) in [6, 6.07) is 10.6. The Labute approximate surface area is 148 Å². The molecule has 0 unspecified atom stereocenters. The molecule has 26 heavy (non-hydrogen) atoms. The molecular formula is C19H15F2N3O2. The number of hydrogen-bond donors (Lipinski definition) is 1. The van der Waals surface area contributed by atoms with Gasteiger partial charge in [0.25, 0.3) is 0 Å². The average molecular weight is 355 g/mol. The van der Waals surface area contributed by atoms with Gasteiger partial charge in [0.15, 0.2) is 0 Å². The summed E-state index contributed by atoms with van der Waals surface area (Å²) in [5.74, 6) is -0.857. The number of carbonyl (C=O) groups is 1. The first-order chi connectivity index (χ1) is 12.6. The third-order valence-corrected chi connectivity index (χ3v) is 4.41. The van der Waals surface area contributed by atoms with Crippen LogP contribution in [0.2, 0.25) is 0 Å². The maximum atomic E-state index is 13.6. The fourth-order valence-corrected chi connectivity index (χ4v) is 3.29. The molecule has 0 fully saturated rings. The molecule has 7 heteroatoms. The van der Waals surface area contributed by atoms with E-state index in [1.807, 2.05) is 24.3 Å². The van der Waals surface area contributed by atoms with Crippen LogP contribution in [-0.2, 0) is 4.79 Å². The lowest BCUT2D eigenvalue weighted by molar-refractivity contribution is -0.116. The molecule has 5 nitrogen and oxygen atoms in total. The second-order valence-electron chi connectivity index (χ2n) is 6.02. The Hall–Kier alpha value is -3.22. The summed E-state index contributed by atoms with van der Waals surface area (Å²) in [6.45, 7) is 0. The highest BCUT2D eigenvalue weighted by atomic mass is 19.1. The standard InChI is InChI=1S/C19H15F2N3O2/c1-26-16-5-3-2-4-14(16)15-9-17(25)23-19-18(15)22-10-24(19)13-7-11(20)6-12(21)8-13/h2-8,10,15H,9H2,1H3,(H,23,25)/t15-/m1/s1. The fraction of sp³-hybridized carbons (Fsp3) is 0.158. The smallest absolute Gasteiger partial charge is 0.226 e. The predicted molar refractivity (Wildman–Crippen MR) is 91.6 cm³/mol. The Morgan fingerprint density at radius 1 is 1.19 bits per heavy atom. The lowest BCUT2D eigenvalue weighted by atomic mass is 9.89. The molecule has 2 heterocycles. The third kappa shape index (κ3) is 2.71. The lowest BCUT2D eigenvalue weighted by Gasteiger charge is -2.24. The van der Waals surface area contributed by atoms with E-state index >= 15 is 0 Å². The van der Waals surface area contributed by atoms with E-state index in [9.17, 15) is 13.6 Å². The molecule has 1 aromatic heterocycles. The lowest BCUT2D eigenvalue weighted by Crippen LogP contribution is -2.25. The van der Waals surface area contributed by atoms with Crippen LogP contribution in [0.15, 0.2) is 48.8 Å². The van der Waals surface area contributed by atoms with E-state index in [-0.39, 0.29) is 23.9 Å². The van der Waals surface area contributed by atoms with Crippen LogP contribution in [0.3, 0.4) is 0 Å². The van der Waals surface area contributed by atoms with Crippen molar-refractivity contribution in [3.05, 3.63) is 71.7 Å². The number of aromatic nitrogens is 2. The number of ether oxygens (including phenoxy) is 1. The van der Waals surface area contributed by atoms with Gasteiger partial charge < -0.3 is 10.1 Å². The van der Waals surface area contributed by atoms with Gasteiger partial charge in [-0.2, -0.15) is 0 Å². The van der Waals surface area contributed by atoms with Gasteiger partial charge in [-0.15, -0.1) is 0 Å². The van der Waals surface area contributed by atoms with Gasteiger partial charge >= 0.3 is 0 Å². The number of amides is 1. The molecule has 0 saturated carbocycles. The van der Waals surface area contributed by atoms with Gasteiger partial charge in [0.05, 0.1) is 18.5 Å². The van der Waals surface area contributed by atoms with Crippen LogP contribution in [0.4, 0.5) is 14.6 Å². The second-order valence-corrected chi connectivity index (χ2v) is 6.02. The van der Waals surface area contributed by atoms with Crippen molar-refractivity contribution in [3.63, 3.8) is 0 Å². The van der Waals surface area contributed by atoms with E-state index in [0.717, 1.165) is 11.6 Å². The number of nitrogens with zero attached hydrogens (tertiary/aromatic N) is 2. The predicted octanol–water partition coefficient (Wildman–Crippen LogP) is 3.63. The summed E-state index contributed by atoms with van der Waals surface area (Å²) in [5, 5.41) is 2.76. The van der Waals surface area contributed by atoms with Gasteiger partial charge in [-0.25, -0.2) is 13.8 Å². The maximum absolute atomic E-state index is 13.6. The Balaban J connectivity index is 1.85. The SMILES string of the molecule is COc1ccccc1[C@H]1CC(=O)Nc2c1ncn2-c1cc(F)cc(F)c1. The summed E-state index contributed by atoms with van der Waals surface area (Å²) in [4.78, 5) is 16.7. The molecule has 0 spiro atoms. The van der Waals surface area contributed by atoms with E-state index in [1.165, 1.54) is 23.0 Å². The third-order valence-electron chi connectivity index (χ3n) is 4.41. The van der Waals surface area contributed by atoms with Crippen molar-refractivity contribution in [2.75, 3.05) is 12.4 Å². The molecule has 1 N–H and O–H groups in total. The largest absolute Gasteiger partial charge is 0.496 e. The van der Waals surface area contributed by atoms with Crippen molar-refractivity contribution in [2.24, 2.45) is 0 Å². The first-order valence-corrected chi connectivity index (χ1v) is 8.03. The molecular weight excluding hydrogens is 340 g/mol. The molecule has 0 aliphatic carbocycles. The highest BCUT2D eigenvalue weighted by molar-refractivity contribution is 5.94. The Morgan fingerprint density at radius 2 is 1.92 bits per heavy atom. The summed E-state index contributed by atoms with van der Waals surface area (Å²) in [5.41, 5.74) is 1.71. The Kier molecular flexibility index (Phi) is 3.91. The molecule has 0 bridgehead atoms. The van der Waals surface area contributed by atoms with Crippen LogP contribution in [0.1, 0.15) is 23.6 Å². The van der Waals surface area contributed by atoms with E-state index in [4.69, 9.17) is 4.74 Å². The van der Waals surface area contributed by atoms with Crippen molar-refractivity contribution >= 4 is 11.7 Å². The van der Waals surface area contributed by atoms with Crippen molar-refractivity contribution in [1.82, 2.24) is 9.55 Å². The van der Waals surface area contributed by atoms with E-state index < -0.39 is 11.6 Å². The first kappa shape index (κ1) is 16.3. The van der Waals surface area contributed by atoms with Crippen LogP contribution in [0, 0.1) is 11.6 Å². The van der Waals surface area contributed by atoms with E-state index in [0.29, 0.717) is 17.3 Å². The van der Waals surface area contributed by atoms with Gasteiger partial charge in [-0.1, -0.05) is 18.2 Å². The second kappa shape index (κ2) is 6.25. The topological polar surface area (TPSA) is 56.1 Å². The number of rotatable bonds is 3. The molecule has 4 rings (SSSR count). The number of para-hydroxylation sites is 1. The number of nitrogens with one attached hydrogen (secondary N) is 1. The molecule has 3 aromatic rings. The number of halogens is 2. The summed E-state index contributed by atoms with van der Waals surface area (Å²) < 4.78 is 34.1. The van der Waals surface area contributed by atoms with Crippen molar-refractivity contribution in [1.29, 1.82) is 0 Å². The monoisotopic (exact) mass is 355 g/mol. The van der Waals surface area contributed by atoms with E-state index in [2.05, 4.69) is 10.3 Å². The number of fused-ring (bicyclic) bond motifs is 1. The van der Waals surface area contributed by atoms with Gasteiger partial charge in [0.1, 0.15) is 29.5 Å². The fourth-order valence-electron chi connectivity index (χ4n) is 3.29. The van der Waals surface area contributed by atoms with Crippen molar-refractivity contribution in [2.45, 2.75) is 12.3 Å². The van der Waals surface area contributed by atoms with Crippen LogP contribution >= 0.6 is 0 Å². The first-order valence-electron chi connectivity index (χ1n) is 8.03. The van der Waals surface area contributed by atoms with Gasteiger partial charge in [-0.05, 0) is 18.2 Å². The zero-order valence-corrected chi connectivity index (χ0v) is 13.9. The number of carbonyl (C=O) groups excluding carboxylic acids is 1. The molecule has 0 radical (unpaired) electrons. The average Bonchev–Trinajstić information content (AvgIpc) is 3.04. The van der Waals surface area contributed by atoms with Gasteiger partial charge in [-0.3, -0.25) is 9.36 Å². The van der Waals surface area contributed by atoms with Crippen molar-refractivity contribution in [3.8, 4) is 11.4 Å². The van der Waals surface area contributed by atoms with Crippen LogP contribution in [0.25, 0.3) is 5.69 Å². The molecule has 1 amide bonds. The quantitative estimate of drug-likeness (QED) is 0.781. The van der Waals surface area contributed by atoms with Gasteiger partial charge in [0.2, 0.25) is 5.91 Å². The van der Waals surface area contributed by atoms with E-state index in [1.54, 1.807) is 7.11 Å². The highest BCUT2D eigenvalue weighted by Crippen LogP contribution is 2.40. The van der Waals surface area contributed by atoms with Crippen LogP contribution < -0.4 is 10.1 Å². The minimum absolute atomic E-state index is 0.202. The molecule has 1 atom stereocenters. The number of hydrogen-bond acceptors (Lipinski definition) is 3. The van der Waals surface area contributed by atoms with Crippen LogP contribution in [-0.4, -0.2) is 22.6 Å². The number of anilines is 1. The molecule has 132 valence electrons. The molecule has 0 saturated heterocycles.